The molecule has 9 heteroatoms. The van der Waals surface area contributed by atoms with Gasteiger partial charge < -0.3 is 10.5 Å². The molecular weight excluding hydrogens is 425 g/mol. The molecule has 2 heterocycles. The minimum atomic E-state index is -4.39. The first-order valence-electron chi connectivity index (χ1n) is 9.70. The van der Waals surface area contributed by atoms with E-state index in [9.17, 15) is 23.5 Å². The molecule has 1 saturated heterocycles. The predicted octanol–water partition coefficient (Wildman–Crippen LogP) is 4.68. The van der Waals surface area contributed by atoms with Gasteiger partial charge >= 0.3 is 6.18 Å². The molecular formula is C22H21F3N4OS. The van der Waals surface area contributed by atoms with E-state index >= 15 is 0 Å². The molecule has 0 radical (unpaired) electrons. The number of hydrazine groups is 1. The Labute approximate surface area is 182 Å². The van der Waals surface area contributed by atoms with Crippen LogP contribution in [0.3, 0.4) is 0 Å². The molecule has 31 heavy (non-hydrogen) atoms. The molecule has 2 aliphatic heterocycles. The van der Waals surface area contributed by atoms with Crippen LogP contribution in [0.15, 0.2) is 59.1 Å². The largest absolute Gasteiger partial charge is 0.508 e. The summed E-state index contributed by atoms with van der Waals surface area (Å²) in [6, 6.07) is 13.8. The molecule has 0 bridgehead atoms. The quantitative estimate of drug-likeness (QED) is 0.636. The number of benzene rings is 2. The molecule has 0 aromatic heterocycles. The second-order valence-corrected chi connectivity index (χ2v) is 8.46. The van der Waals surface area contributed by atoms with Gasteiger partial charge in [0.1, 0.15) is 18.0 Å². The molecule has 0 aliphatic carbocycles. The molecule has 4 rings (SSSR count). The van der Waals surface area contributed by atoms with Crippen molar-refractivity contribution in [3.63, 3.8) is 0 Å². The number of alkyl halides is 3. The van der Waals surface area contributed by atoms with Crippen LogP contribution in [0.25, 0.3) is 0 Å². The molecule has 4 unspecified atom stereocenters. The number of nitriles is 1. The number of aromatic hydroxyl groups is 1. The van der Waals surface area contributed by atoms with E-state index in [1.54, 1.807) is 12.1 Å². The van der Waals surface area contributed by atoms with E-state index in [0.29, 0.717) is 5.57 Å². The van der Waals surface area contributed by atoms with Crippen molar-refractivity contribution >= 4 is 11.8 Å². The molecule has 2 aliphatic rings. The number of halogens is 3. The molecule has 162 valence electrons. The third kappa shape index (κ3) is 3.87. The number of phenolic OH excluding ortho intramolecular Hbond substituents is 1. The van der Waals surface area contributed by atoms with Crippen molar-refractivity contribution in [2.24, 2.45) is 5.92 Å². The minimum Gasteiger partial charge on any atom is -0.508 e. The van der Waals surface area contributed by atoms with Crippen LogP contribution in [0.2, 0.25) is 0 Å². The fraction of sp³-hybridized carbons (Fsp3) is 0.318. The highest BCUT2D eigenvalue weighted by Crippen LogP contribution is 2.45. The predicted molar refractivity (Wildman–Crippen MR) is 112 cm³/mol. The monoisotopic (exact) mass is 446 g/mol. The Morgan fingerprint density at radius 3 is 2.23 bits per heavy atom. The van der Waals surface area contributed by atoms with Crippen LogP contribution in [-0.4, -0.2) is 22.5 Å². The topological polar surface area (TPSA) is 71.3 Å². The first-order valence-corrected chi connectivity index (χ1v) is 10.9. The van der Waals surface area contributed by atoms with Gasteiger partial charge in [0.15, 0.2) is 0 Å². The zero-order valence-electron chi connectivity index (χ0n) is 16.8. The van der Waals surface area contributed by atoms with Crippen molar-refractivity contribution < 1.29 is 18.3 Å². The van der Waals surface area contributed by atoms with Crippen molar-refractivity contribution in [3.05, 3.63) is 75.8 Å². The van der Waals surface area contributed by atoms with Gasteiger partial charge in [0.25, 0.3) is 0 Å². The fourth-order valence-electron chi connectivity index (χ4n) is 4.34. The third-order valence-electron chi connectivity index (χ3n) is 5.84. The molecule has 1 fully saturated rings. The lowest BCUT2D eigenvalue weighted by Gasteiger charge is -2.47. The van der Waals surface area contributed by atoms with E-state index in [0.717, 1.165) is 28.3 Å². The van der Waals surface area contributed by atoms with Gasteiger partial charge in [0, 0.05) is 6.04 Å². The first kappa shape index (κ1) is 21.6. The Morgan fingerprint density at radius 1 is 1.06 bits per heavy atom. The molecule has 5 nitrogen and oxygen atoms in total. The highest BCUT2D eigenvalue weighted by Gasteiger charge is 2.47. The summed E-state index contributed by atoms with van der Waals surface area (Å²) < 4.78 is 39.0. The highest BCUT2D eigenvalue weighted by atomic mass is 32.2. The summed E-state index contributed by atoms with van der Waals surface area (Å²) in [6.07, 6.45) is -2.95. The van der Waals surface area contributed by atoms with E-state index < -0.39 is 17.9 Å². The van der Waals surface area contributed by atoms with Gasteiger partial charge in [0.05, 0.1) is 22.2 Å². The van der Waals surface area contributed by atoms with Crippen LogP contribution in [0, 0.1) is 17.2 Å². The van der Waals surface area contributed by atoms with Gasteiger partial charge in [-0.25, -0.2) is 0 Å². The zero-order valence-corrected chi connectivity index (χ0v) is 17.6. The Morgan fingerprint density at radius 2 is 1.68 bits per heavy atom. The van der Waals surface area contributed by atoms with Gasteiger partial charge in [-0.15, -0.1) is 11.8 Å². The van der Waals surface area contributed by atoms with Crippen molar-refractivity contribution in [1.82, 2.24) is 15.8 Å². The minimum absolute atomic E-state index is 0.0637. The highest BCUT2D eigenvalue weighted by molar-refractivity contribution is 8.02. The second-order valence-electron chi connectivity index (χ2n) is 7.64. The van der Waals surface area contributed by atoms with Crippen LogP contribution >= 0.6 is 11.8 Å². The SMILES string of the molecule is CSC1=C(C#N)C2NC(c3ccc(C(F)(F)F)cc3)C(C)C(c3ccc(O)cc3)N2N1. The lowest BCUT2D eigenvalue weighted by Crippen LogP contribution is -2.58. The van der Waals surface area contributed by atoms with Crippen molar-refractivity contribution in [3.8, 4) is 11.8 Å². The van der Waals surface area contributed by atoms with Gasteiger partial charge in [-0.2, -0.15) is 23.4 Å². The average molecular weight is 446 g/mol. The van der Waals surface area contributed by atoms with Crippen molar-refractivity contribution in [2.75, 3.05) is 6.26 Å². The van der Waals surface area contributed by atoms with E-state index in [4.69, 9.17) is 0 Å². The van der Waals surface area contributed by atoms with Crippen LogP contribution < -0.4 is 10.7 Å². The Bertz CT molecular complexity index is 1030. The second kappa shape index (κ2) is 8.11. The third-order valence-corrected chi connectivity index (χ3v) is 6.56. The Kier molecular flexibility index (Phi) is 5.64. The van der Waals surface area contributed by atoms with Gasteiger partial charge in [-0.3, -0.25) is 5.32 Å². The van der Waals surface area contributed by atoms with E-state index in [1.165, 1.54) is 23.9 Å². The molecule has 2 aromatic rings. The number of phenols is 1. The Balaban J connectivity index is 1.76. The van der Waals surface area contributed by atoms with Gasteiger partial charge in [-0.05, 0) is 47.6 Å². The molecule has 2 aromatic carbocycles. The molecule has 0 spiro atoms. The summed E-state index contributed by atoms with van der Waals surface area (Å²) >= 11 is 1.43. The average Bonchev–Trinajstić information content (AvgIpc) is 3.11. The Hall–Kier alpha value is -2.67. The maximum absolute atomic E-state index is 13.0. The summed E-state index contributed by atoms with van der Waals surface area (Å²) in [4.78, 5) is 0. The van der Waals surface area contributed by atoms with E-state index in [1.807, 2.05) is 30.3 Å². The van der Waals surface area contributed by atoms with Gasteiger partial charge in [-0.1, -0.05) is 31.2 Å². The summed E-state index contributed by atoms with van der Waals surface area (Å²) in [5.74, 6) is 0.0855. The standard InChI is InChI=1S/C22H21F3N4OS/c1-12-18(13-3-7-15(8-4-13)22(23,24)25)27-20-17(11-26)21(31-2)28-29(20)19(12)14-5-9-16(30)10-6-14/h3-10,12,18-20,27-28,30H,1-2H3. The van der Waals surface area contributed by atoms with Crippen LogP contribution in [-0.2, 0) is 6.18 Å². The molecule has 3 N–H and O–H groups in total. The number of hydrogen-bond donors (Lipinski definition) is 3. The van der Waals surface area contributed by atoms with Crippen LogP contribution in [0.4, 0.5) is 13.2 Å². The number of rotatable bonds is 3. The number of nitrogens with zero attached hydrogens (tertiary/aromatic N) is 2. The van der Waals surface area contributed by atoms with Crippen molar-refractivity contribution in [2.45, 2.75) is 31.3 Å². The smallest absolute Gasteiger partial charge is 0.416 e. The molecule has 4 atom stereocenters. The lowest BCUT2D eigenvalue weighted by atomic mass is 9.81. The molecule has 0 saturated carbocycles. The summed E-state index contributed by atoms with van der Waals surface area (Å²) in [5, 5.41) is 25.6. The van der Waals surface area contributed by atoms with E-state index in [-0.39, 0.29) is 23.8 Å². The zero-order chi connectivity index (χ0) is 22.3. The summed E-state index contributed by atoms with van der Waals surface area (Å²) in [6.45, 7) is 2.02. The number of fused-ring (bicyclic) bond motifs is 1. The number of thioether (sulfide) groups is 1. The summed E-state index contributed by atoms with van der Waals surface area (Å²) in [7, 11) is 0. The maximum atomic E-state index is 13.0. The van der Waals surface area contributed by atoms with Crippen LogP contribution in [0.5, 0.6) is 5.75 Å². The normalized spacial score (nSPS) is 26.3. The van der Waals surface area contributed by atoms with E-state index in [2.05, 4.69) is 16.8 Å². The van der Waals surface area contributed by atoms with Gasteiger partial charge in [0.2, 0.25) is 0 Å². The maximum Gasteiger partial charge on any atom is 0.416 e. The number of nitrogens with one attached hydrogen (secondary N) is 2. The van der Waals surface area contributed by atoms with Crippen LogP contribution in [0.1, 0.15) is 35.7 Å². The lowest BCUT2D eigenvalue weighted by molar-refractivity contribution is -0.137. The first-order chi connectivity index (χ1) is 14.7. The van der Waals surface area contributed by atoms with Crippen molar-refractivity contribution in [1.29, 1.82) is 5.26 Å². The number of hydrogen-bond acceptors (Lipinski definition) is 6. The molecule has 0 amide bonds. The fourth-order valence-corrected chi connectivity index (χ4v) is 4.91. The summed E-state index contributed by atoms with van der Waals surface area (Å²) in [5.41, 5.74) is 4.82.